The van der Waals surface area contributed by atoms with Crippen LogP contribution in [0, 0.1) is 0 Å². The van der Waals surface area contributed by atoms with Gasteiger partial charge in [0.25, 0.3) is 0 Å². The topological polar surface area (TPSA) is 83.4 Å². The lowest BCUT2D eigenvalue weighted by Crippen LogP contribution is -2.21. The van der Waals surface area contributed by atoms with Gasteiger partial charge in [0.1, 0.15) is 0 Å². The molecule has 1 aromatic heterocycles. The number of anilines is 1. The second-order valence-corrected chi connectivity index (χ2v) is 4.94. The molecular formula is C17H13N3O3. The zero-order chi connectivity index (χ0) is 16.2. The van der Waals surface area contributed by atoms with Crippen molar-refractivity contribution in [1.82, 2.24) is 9.97 Å². The molecule has 1 N–H and O–H groups in total. The maximum atomic E-state index is 11.4. The number of fused-ring (bicyclic) bond motifs is 1. The number of hydrogen-bond donors (Lipinski definition) is 1. The van der Waals surface area contributed by atoms with E-state index in [1.165, 1.54) is 17.0 Å². The van der Waals surface area contributed by atoms with Crippen LogP contribution in [0.2, 0.25) is 0 Å². The summed E-state index contributed by atoms with van der Waals surface area (Å²) in [7, 11) is 0. The van der Waals surface area contributed by atoms with Crippen molar-refractivity contribution in [3.05, 3.63) is 66.0 Å². The third-order valence-corrected chi connectivity index (χ3v) is 3.40. The van der Waals surface area contributed by atoms with Crippen LogP contribution in [0.3, 0.4) is 0 Å². The molecule has 0 aliphatic rings. The summed E-state index contributed by atoms with van der Waals surface area (Å²) in [4.78, 5) is 32.5. The van der Waals surface area contributed by atoms with Crippen LogP contribution >= 0.6 is 0 Å². The Morgan fingerprint density at radius 1 is 1.09 bits per heavy atom. The number of carboxylic acid groups (broad SMARTS) is 1. The van der Waals surface area contributed by atoms with Gasteiger partial charge in [0, 0.05) is 5.69 Å². The van der Waals surface area contributed by atoms with E-state index < -0.39 is 5.97 Å². The highest BCUT2D eigenvalue weighted by atomic mass is 16.4. The molecule has 6 nitrogen and oxygen atoms in total. The first-order chi connectivity index (χ1) is 11.2. The number of nitrogens with zero attached hydrogens (tertiary/aromatic N) is 3. The third-order valence-electron chi connectivity index (χ3n) is 3.40. The van der Waals surface area contributed by atoms with Crippen molar-refractivity contribution < 1.29 is 14.7 Å². The van der Waals surface area contributed by atoms with Gasteiger partial charge in [-0.2, -0.15) is 0 Å². The van der Waals surface area contributed by atoms with Gasteiger partial charge in [0.15, 0.2) is 0 Å². The van der Waals surface area contributed by atoms with Gasteiger partial charge >= 0.3 is 5.97 Å². The fourth-order valence-electron chi connectivity index (χ4n) is 2.23. The molecule has 0 radical (unpaired) electrons. The summed E-state index contributed by atoms with van der Waals surface area (Å²) in [6.07, 6.45) is 2.32. The fourth-order valence-corrected chi connectivity index (χ4v) is 2.23. The maximum Gasteiger partial charge on any atom is 0.335 e. The summed E-state index contributed by atoms with van der Waals surface area (Å²) in [5.74, 6) is -1.01. The largest absolute Gasteiger partial charge is 0.478 e. The molecule has 6 heteroatoms. The molecular weight excluding hydrogens is 294 g/mol. The molecule has 0 fully saturated rings. The molecule has 0 atom stereocenters. The number of aromatic carboxylic acids is 1. The van der Waals surface area contributed by atoms with Crippen molar-refractivity contribution in [1.29, 1.82) is 0 Å². The molecule has 3 aromatic rings. The van der Waals surface area contributed by atoms with Gasteiger partial charge in [-0.1, -0.05) is 12.1 Å². The fraction of sp³-hybridized carbons (Fsp3) is 0.0588. The van der Waals surface area contributed by atoms with Crippen molar-refractivity contribution in [2.75, 3.05) is 4.90 Å². The molecule has 0 saturated carbocycles. The van der Waals surface area contributed by atoms with E-state index in [-0.39, 0.29) is 12.1 Å². The molecule has 114 valence electrons. The number of hydrogen-bond acceptors (Lipinski definition) is 4. The summed E-state index contributed by atoms with van der Waals surface area (Å²) >= 11 is 0. The van der Waals surface area contributed by atoms with Crippen molar-refractivity contribution in [3.8, 4) is 0 Å². The SMILES string of the molecule is O=CN(Cc1cnc2ccccc2n1)c1ccc(C(=O)O)cc1. The predicted molar refractivity (Wildman–Crippen MR) is 85.2 cm³/mol. The number of rotatable bonds is 5. The Bertz CT molecular complexity index is 862. The van der Waals surface area contributed by atoms with E-state index in [1.54, 1.807) is 18.3 Å². The standard InChI is InChI=1S/C17H13N3O3/c21-11-20(14-7-5-12(6-8-14)17(22)23)10-13-9-18-15-3-1-2-4-16(15)19-13/h1-9,11H,10H2,(H,22,23). The minimum absolute atomic E-state index is 0.171. The lowest BCUT2D eigenvalue weighted by atomic mass is 10.2. The van der Waals surface area contributed by atoms with Gasteiger partial charge in [-0.15, -0.1) is 0 Å². The average molecular weight is 307 g/mol. The van der Waals surface area contributed by atoms with Crippen LogP contribution < -0.4 is 4.90 Å². The first-order valence-corrected chi connectivity index (χ1v) is 6.93. The summed E-state index contributed by atoms with van der Waals surface area (Å²) < 4.78 is 0. The molecule has 0 saturated heterocycles. The number of carboxylic acids is 1. The third kappa shape index (κ3) is 3.16. The van der Waals surface area contributed by atoms with E-state index in [4.69, 9.17) is 5.11 Å². The maximum absolute atomic E-state index is 11.4. The molecule has 2 aromatic carbocycles. The number of amides is 1. The Hall–Kier alpha value is -3.28. The van der Waals surface area contributed by atoms with Crippen LogP contribution in [0.25, 0.3) is 11.0 Å². The molecule has 3 rings (SSSR count). The van der Waals surface area contributed by atoms with Gasteiger partial charge in [-0.3, -0.25) is 9.78 Å². The van der Waals surface area contributed by atoms with E-state index in [1.807, 2.05) is 24.3 Å². The van der Waals surface area contributed by atoms with Gasteiger partial charge in [0.2, 0.25) is 6.41 Å². The zero-order valence-electron chi connectivity index (χ0n) is 12.1. The number of carbonyl (C=O) groups excluding carboxylic acids is 1. The van der Waals surface area contributed by atoms with E-state index in [9.17, 15) is 9.59 Å². The molecule has 1 amide bonds. The van der Waals surface area contributed by atoms with Gasteiger partial charge in [-0.05, 0) is 36.4 Å². The lowest BCUT2D eigenvalue weighted by molar-refractivity contribution is -0.107. The highest BCUT2D eigenvalue weighted by Crippen LogP contribution is 2.17. The number of benzene rings is 2. The zero-order valence-corrected chi connectivity index (χ0v) is 12.1. The number of aromatic nitrogens is 2. The average Bonchev–Trinajstić information content (AvgIpc) is 2.59. The van der Waals surface area contributed by atoms with E-state index >= 15 is 0 Å². The lowest BCUT2D eigenvalue weighted by Gasteiger charge is -2.17. The molecule has 0 bridgehead atoms. The van der Waals surface area contributed by atoms with E-state index in [0.717, 1.165) is 11.0 Å². The monoisotopic (exact) mass is 307 g/mol. The minimum Gasteiger partial charge on any atom is -0.478 e. The Morgan fingerprint density at radius 3 is 2.43 bits per heavy atom. The van der Waals surface area contributed by atoms with E-state index in [0.29, 0.717) is 17.8 Å². The van der Waals surface area contributed by atoms with Crippen molar-refractivity contribution >= 4 is 29.1 Å². The first kappa shape index (κ1) is 14.6. The highest BCUT2D eigenvalue weighted by Gasteiger charge is 2.10. The quantitative estimate of drug-likeness (QED) is 0.732. The Morgan fingerprint density at radius 2 is 1.78 bits per heavy atom. The Balaban J connectivity index is 1.85. The normalized spacial score (nSPS) is 10.4. The summed E-state index contributed by atoms with van der Waals surface area (Å²) in [5.41, 5.74) is 2.97. The second-order valence-electron chi connectivity index (χ2n) is 4.94. The van der Waals surface area contributed by atoms with Gasteiger partial charge in [0.05, 0.1) is 35.0 Å². The smallest absolute Gasteiger partial charge is 0.335 e. The molecule has 0 aliphatic heterocycles. The van der Waals surface area contributed by atoms with Crippen molar-refractivity contribution in [2.45, 2.75) is 6.54 Å². The van der Waals surface area contributed by atoms with Gasteiger partial charge < -0.3 is 10.0 Å². The second kappa shape index (κ2) is 6.23. The van der Waals surface area contributed by atoms with E-state index in [2.05, 4.69) is 9.97 Å². The van der Waals surface area contributed by atoms with Crippen molar-refractivity contribution in [2.24, 2.45) is 0 Å². The first-order valence-electron chi connectivity index (χ1n) is 6.93. The Kier molecular flexibility index (Phi) is 3.97. The Labute approximate surface area is 132 Å². The summed E-state index contributed by atoms with van der Waals surface area (Å²) in [6.45, 7) is 0.258. The minimum atomic E-state index is -1.01. The molecule has 0 unspecified atom stereocenters. The predicted octanol–water partition coefficient (Wildman–Crippen LogP) is 2.49. The van der Waals surface area contributed by atoms with Crippen LogP contribution in [0.4, 0.5) is 5.69 Å². The van der Waals surface area contributed by atoms with Crippen LogP contribution in [0.5, 0.6) is 0 Å². The number of para-hydroxylation sites is 2. The van der Waals surface area contributed by atoms with Crippen LogP contribution in [0.15, 0.2) is 54.7 Å². The van der Waals surface area contributed by atoms with Crippen molar-refractivity contribution in [3.63, 3.8) is 0 Å². The summed E-state index contributed by atoms with van der Waals surface area (Å²) in [5, 5.41) is 8.91. The number of carbonyl (C=O) groups is 2. The summed E-state index contributed by atoms with van der Waals surface area (Å²) in [6, 6.07) is 13.6. The molecule has 0 aliphatic carbocycles. The highest BCUT2D eigenvalue weighted by molar-refractivity contribution is 5.88. The van der Waals surface area contributed by atoms with Crippen LogP contribution in [0.1, 0.15) is 16.1 Å². The van der Waals surface area contributed by atoms with Crippen LogP contribution in [-0.4, -0.2) is 27.5 Å². The molecule has 23 heavy (non-hydrogen) atoms. The van der Waals surface area contributed by atoms with Gasteiger partial charge in [-0.25, -0.2) is 9.78 Å². The molecule has 1 heterocycles. The molecule has 0 spiro atoms. The van der Waals surface area contributed by atoms with Crippen LogP contribution in [-0.2, 0) is 11.3 Å².